The molecule has 3 rings (SSSR count). The van der Waals surface area contributed by atoms with Gasteiger partial charge in [0.15, 0.2) is 5.69 Å². The zero-order valence-corrected chi connectivity index (χ0v) is 15.5. The minimum absolute atomic E-state index is 0.0969. The highest BCUT2D eigenvalue weighted by Crippen LogP contribution is 2.42. The highest BCUT2D eigenvalue weighted by molar-refractivity contribution is 7.89. The Morgan fingerprint density at radius 2 is 1.93 bits per heavy atom. The molecule has 0 bridgehead atoms. The maximum atomic E-state index is 12.9. The second-order valence-electron chi connectivity index (χ2n) is 6.38. The van der Waals surface area contributed by atoms with Crippen molar-refractivity contribution < 1.29 is 26.3 Å². The largest absolute Gasteiger partial charge is 0.497 e. The fourth-order valence-electron chi connectivity index (χ4n) is 2.73. The highest BCUT2D eigenvalue weighted by atomic mass is 32.2. The number of aromatic nitrogens is 2. The molecule has 0 amide bonds. The summed E-state index contributed by atoms with van der Waals surface area (Å²) in [4.78, 5) is 0.0976. The minimum Gasteiger partial charge on any atom is -0.497 e. The second kappa shape index (κ2) is 7.51. The van der Waals surface area contributed by atoms with Crippen molar-refractivity contribution in [1.29, 1.82) is 0 Å². The van der Waals surface area contributed by atoms with Gasteiger partial charge >= 0.3 is 6.18 Å². The van der Waals surface area contributed by atoms with E-state index in [4.69, 9.17) is 4.74 Å². The summed E-state index contributed by atoms with van der Waals surface area (Å²) in [6.45, 7) is 0.312. The molecule has 0 unspecified atom stereocenters. The Balaban J connectivity index is 1.59. The van der Waals surface area contributed by atoms with Crippen LogP contribution in [0.15, 0.2) is 35.2 Å². The van der Waals surface area contributed by atoms with E-state index in [0.29, 0.717) is 17.9 Å². The van der Waals surface area contributed by atoms with Crippen molar-refractivity contribution in [3.05, 3.63) is 41.7 Å². The molecule has 1 aliphatic rings. The number of aryl methyl sites for hydroxylation is 1. The van der Waals surface area contributed by atoms with Crippen LogP contribution >= 0.6 is 0 Å². The molecule has 1 aromatic heterocycles. The number of ether oxygens (including phenoxy) is 1. The molecule has 1 saturated carbocycles. The molecule has 6 nitrogen and oxygen atoms in total. The SMILES string of the molecule is COc1ccc(S(=O)(=O)NCCCn2nc(C(F)(F)F)cc2C2CC2)cc1. The fraction of sp³-hybridized carbons (Fsp3) is 0.471. The minimum atomic E-state index is -4.48. The lowest BCUT2D eigenvalue weighted by atomic mass is 10.2. The summed E-state index contributed by atoms with van der Waals surface area (Å²) in [5, 5.41) is 3.65. The number of hydrogen-bond acceptors (Lipinski definition) is 4. The van der Waals surface area contributed by atoms with Gasteiger partial charge in [-0.3, -0.25) is 4.68 Å². The van der Waals surface area contributed by atoms with Gasteiger partial charge in [-0.2, -0.15) is 18.3 Å². The molecule has 1 N–H and O–H groups in total. The Kier molecular flexibility index (Phi) is 5.48. The first-order valence-electron chi connectivity index (χ1n) is 8.49. The van der Waals surface area contributed by atoms with Gasteiger partial charge in [0.2, 0.25) is 10.0 Å². The van der Waals surface area contributed by atoms with Gasteiger partial charge in [0.25, 0.3) is 0 Å². The number of methoxy groups -OCH3 is 1. The van der Waals surface area contributed by atoms with E-state index in [0.717, 1.165) is 18.9 Å². The summed E-state index contributed by atoms with van der Waals surface area (Å²) in [5.41, 5.74) is -0.330. The molecule has 0 radical (unpaired) electrons. The number of hydrogen-bond donors (Lipinski definition) is 1. The van der Waals surface area contributed by atoms with Gasteiger partial charge in [0.1, 0.15) is 5.75 Å². The molecule has 0 atom stereocenters. The third kappa shape index (κ3) is 4.81. The topological polar surface area (TPSA) is 73.2 Å². The maximum absolute atomic E-state index is 12.9. The van der Waals surface area contributed by atoms with Crippen LogP contribution < -0.4 is 9.46 Å². The Labute approximate surface area is 155 Å². The number of nitrogens with one attached hydrogen (secondary N) is 1. The number of sulfonamides is 1. The van der Waals surface area contributed by atoms with Crippen LogP contribution in [0.5, 0.6) is 5.75 Å². The first-order chi connectivity index (χ1) is 12.7. The quantitative estimate of drug-likeness (QED) is 0.688. The first-order valence-corrected chi connectivity index (χ1v) is 9.97. The molecular weight excluding hydrogens is 383 g/mol. The summed E-state index contributed by atoms with van der Waals surface area (Å²) in [6.07, 6.45) is -2.45. The van der Waals surface area contributed by atoms with Gasteiger partial charge in [-0.05, 0) is 49.6 Å². The predicted octanol–water partition coefficient (Wildman–Crippen LogP) is 3.16. The van der Waals surface area contributed by atoms with Crippen molar-refractivity contribution in [3.63, 3.8) is 0 Å². The van der Waals surface area contributed by atoms with Crippen LogP contribution in [0.4, 0.5) is 13.2 Å². The van der Waals surface area contributed by atoms with Crippen LogP contribution in [-0.2, 0) is 22.7 Å². The molecule has 0 spiro atoms. The molecule has 0 aliphatic heterocycles. The van der Waals surface area contributed by atoms with Crippen molar-refractivity contribution in [1.82, 2.24) is 14.5 Å². The monoisotopic (exact) mass is 403 g/mol. The van der Waals surface area contributed by atoms with Gasteiger partial charge in [-0.15, -0.1) is 0 Å². The van der Waals surface area contributed by atoms with Crippen LogP contribution in [-0.4, -0.2) is 31.9 Å². The normalized spacial score (nSPS) is 15.1. The molecule has 1 aliphatic carbocycles. The third-order valence-corrected chi connectivity index (χ3v) is 5.78. The first kappa shape index (κ1) is 19.7. The van der Waals surface area contributed by atoms with E-state index >= 15 is 0 Å². The fourth-order valence-corrected chi connectivity index (χ4v) is 3.80. The molecule has 10 heteroatoms. The molecule has 148 valence electrons. The summed E-state index contributed by atoms with van der Waals surface area (Å²) in [7, 11) is -2.20. The molecule has 0 saturated heterocycles. The summed E-state index contributed by atoms with van der Waals surface area (Å²) in [5.74, 6) is 0.658. The lowest BCUT2D eigenvalue weighted by Gasteiger charge is -2.09. The van der Waals surface area contributed by atoms with E-state index in [2.05, 4.69) is 9.82 Å². The molecule has 1 heterocycles. The summed E-state index contributed by atoms with van der Waals surface area (Å²) >= 11 is 0. The number of benzene rings is 1. The maximum Gasteiger partial charge on any atom is 0.435 e. The Bertz CT molecular complexity index is 888. The average Bonchev–Trinajstić information content (AvgIpc) is 3.37. The third-order valence-electron chi connectivity index (χ3n) is 4.31. The van der Waals surface area contributed by atoms with Crippen molar-refractivity contribution in [3.8, 4) is 5.75 Å². The zero-order chi connectivity index (χ0) is 19.7. The van der Waals surface area contributed by atoms with Gasteiger partial charge < -0.3 is 4.74 Å². The van der Waals surface area contributed by atoms with Gasteiger partial charge in [-0.1, -0.05) is 0 Å². The number of rotatable bonds is 8. The molecule has 2 aromatic rings. The van der Waals surface area contributed by atoms with E-state index in [1.165, 1.54) is 23.9 Å². The summed E-state index contributed by atoms with van der Waals surface area (Å²) in [6, 6.07) is 7.03. The average molecular weight is 403 g/mol. The zero-order valence-electron chi connectivity index (χ0n) is 14.7. The smallest absolute Gasteiger partial charge is 0.435 e. The van der Waals surface area contributed by atoms with Crippen molar-refractivity contribution in [2.24, 2.45) is 0 Å². The van der Waals surface area contributed by atoms with Crippen LogP contribution in [0.2, 0.25) is 0 Å². The van der Waals surface area contributed by atoms with Crippen LogP contribution in [0.1, 0.15) is 36.6 Å². The van der Waals surface area contributed by atoms with E-state index in [-0.39, 0.29) is 23.9 Å². The van der Waals surface area contributed by atoms with Gasteiger partial charge in [0.05, 0.1) is 12.0 Å². The standard InChI is InChI=1S/C17H20F3N3O3S/c1-26-13-5-7-14(8-6-13)27(24,25)21-9-2-10-23-15(12-3-4-12)11-16(22-23)17(18,19)20/h5-8,11-12,21H,2-4,9-10H2,1H3. The lowest BCUT2D eigenvalue weighted by Crippen LogP contribution is -2.25. The van der Waals surface area contributed by atoms with E-state index < -0.39 is 21.9 Å². The van der Waals surface area contributed by atoms with E-state index in [1.54, 1.807) is 12.1 Å². The Hall–Kier alpha value is -2.07. The second-order valence-corrected chi connectivity index (χ2v) is 8.14. The number of halogens is 3. The molecule has 1 aromatic carbocycles. The van der Waals surface area contributed by atoms with Crippen LogP contribution in [0, 0.1) is 0 Å². The lowest BCUT2D eigenvalue weighted by molar-refractivity contribution is -0.141. The molecule has 27 heavy (non-hydrogen) atoms. The van der Waals surface area contributed by atoms with Crippen molar-refractivity contribution in [2.45, 2.75) is 42.8 Å². The highest BCUT2D eigenvalue weighted by Gasteiger charge is 2.37. The Morgan fingerprint density at radius 1 is 1.26 bits per heavy atom. The van der Waals surface area contributed by atoms with E-state index in [9.17, 15) is 21.6 Å². The van der Waals surface area contributed by atoms with E-state index in [1.807, 2.05) is 0 Å². The van der Waals surface area contributed by atoms with Gasteiger partial charge in [0, 0.05) is 24.7 Å². The Morgan fingerprint density at radius 3 is 2.48 bits per heavy atom. The number of nitrogens with zero attached hydrogens (tertiary/aromatic N) is 2. The summed E-state index contributed by atoms with van der Waals surface area (Å²) < 4.78 is 71.9. The number of alkyl halides is 3. The molecule has 1 fully saturated rings. The van der Waals surface area contributed by atoms with Crippen LogP contribution in [0.25, 0.3) is 0 Å². The van der Waals surface area contributed by atoms with Gasteiger partial charge in [-0.25, -0.2) is 13.1 Å². The predicted molar refractivity (Wildman–Crippen MR) is 92.0 cm³/mol. The van der Waals surface area contributed by atoms with Crippen LogP contribution in [0.3, 0.4) is 0 Å². The van der Waals surface area contributed by atoms with Crippen molar-refractivity contribution >= 4 is 10.0 Å². The molecular formula is C17H20F3N3O3S. The van der Waals surface area contributed by atoms with Crippen molar-refractivity contribution in [2.75, 3.05) is 13.7 Å².